The predicted octanol–water partition coefficient (Wildman–Crippen LogP) is 4.38. The summed E-state index contributed by atoms with van der Waals surface area (Å²) >= 11 is 0. The Morgan fingerprint density at radius 3 is 2.67 bits per heavy atom. The van der Waals surface area contributed by atoms with Crippen LogP contribution in [0, 0.1) is 11.6 Å². The van der Waals surface area contributed by atoms with Crippen LogP contribution in [0.2, 0.25) is 0 Å². The molecule has 0 fully saturated rings. The van der Waals surface area contributed by atoms with Crippen LogP contribution in [0.4, 0.5) is 8.78 Å². The number of nitrogens with one attached hydrogen (secondary N) is 1. The summed E-state index contributed by atoms with van der Waals surface area (Å²) in [4.78, 5) is 18.1. The van der Waals surface area contributed by atoms with Crippen LogP contribution in [0.5, 0.6) is 5.75 Å². The van der Waals surface area contributed by atoms with Gasteiger partial charge in [0.05, 0.1) is 11.8 Å². The Labute approximate surface area is 151 Å². The van der Waals surface area contributed by atoms with E-state index in [1.807, 2.05) is 0 Å². The van der Waals surface area contributed by atoms with Crippen molar-refractivity contribution in [3.8, 4) is 17.1 Å². The van der Waals surface area contributed by atoms with Gasteiger partial charge in [0, 0.05) is 5.56 Å². The van der Waals surface area contributed by atoms with Gasteiger partial charge in [-0.05, 0) is 42.5 Å². The van der Waals surface area contributed by atoms with Gasteiger partial charge in [-0.15, -0.1) is 0 Å². The number of aromatic carboxylic acids is 1. The van der Waals surface area contributed by atoms with Crippen molar-refractivity contribution in [1.82, 2.24) is 9.97 Å². The van der Waals surface area contributed by atoms with Crippen LogP contribution in [0.15, 0.2) is 53.1 Å². The van der Waals surface area contributed by atoms with Gasteiger partial charge in [0.1, 0.15) is 29.3 Å². The Hall–Kier alpha value is -3.68. The van der Waals surface area contributed by atoms with Crippen molar-refractivity contribution in [2.24, 2.45) is 0 Å². The molecule has 0 atom stereocenters. The lowest BCUT2D eigenvalue weighted by Crippen LogP contribution is -2.02. The Morgan fingerprint density at radius 2 is 1.93 bits per heavy atom. The smallest absolute Gasteiger partial charge is 0.339 e. The fourth-order valence-electron chi connectivity index (χ4n) is 2.66. The van der Waals surface area contributed by atoms with Crippen molar-refractivity contribution in [3.63, 3.8) is 0 Å². The van der Waals surface area contributed by atoms with E-state index in [2.05, 4.69) is 9.97 Å². The highest BCUT2D eigenvalue weighted by Crippen LogP contribution is 2.25. The molecule has 0 aliphatic carbocycles. The van der Waals surface area contributed by atoms with Crippen molar-refractivity contribution < 1.29 is 27.8 Å². The van der Waals surface area contributed by atoms with E-state index in [0.717, 1.165) is 6.07 Å². The quantitative estimate of drug-likeness (QED) is 0.544. The van der Waals surface area contributed by atoms with Crippen molar-refractivity contribution in [2.75, 3.05) is 0 Å². The molecule has 0 radical (unpaired) electrons. The molecule has 27 heavy (non-hydrogen) atoms. The number of H-pyrrole nitrogens is 1. The lowest BCUT2D eigenvalue weighted by atomic mass is 10.2. The number of aromatic nitrogens is 2. The number of ether oxygens (including phenoxy) is 1. The summed E-state index contributed by atoms with van der Waals surface area (Å²) in [5.74, 6) is -1.96. The normalized spacial score (nSPS) is 11.0. The zero-order chi connectivity index (χ0) is 19.0. The molecule has 136 valence electrons. The highest BCUT2D eigenvalue weighted by Gasteiger charge is 2.15. The fourth-order valence-corrected chi connectivity index (χ4v) is 2.66. The minimum absolute atomic E-state index is 0.0386. The zero-order valence-electron chi connectivity index (χ0n) is 13.7. The van der Waals surface area contributed by atoms with E-state index in [9.17, 15) is 13.6 Å². The maximum absolute atomic E-state index is 13.8. The van der Waals surface area contributed by atoms with E-state index in [-0.39, 0.29) is 23.4 Å². The molecule has 0 saturated heterocycles. The molecule has 0 aliphatic heterocycles. The van der Waals surface area contributed by atoms with Crippen molar-refractivity contribution in [2.45, 2.75) is 6.61 Å². The van der Waals surface area contributed by atoms with Crippen LogP contribution >= 0.6 is 0 Å². The molecule has 6 nitrogen and oxygen atoms in total. The monoisotopic (exact) mass is 370 g/mol. The summed E-state index contributed by atoms with van der Waals surface area (Å²) in [6, 6.07) is 10.5. The molecule has 0 amide bonds. The average Bonchev–Trinajstić information content (AvgIpc) is 3.31. The van der Waals surface area contributed by atoms with Crippen molar-refractivity contribution in [3.05, 3.63) is 71.7 Å². The standard InChI is InChI=1S/C19H12F2N2O4/c20-13-5-6-14-17(16(13)21)23-18(22-14)10-1-3-11(4-2-10)27-9-15-12(19(24)25)7-8-26-15/h1-8H,9H2,(H,22,23)(H,24,25). The number of rotatable bonds is 5. The minimum Gasteiger partial charge on any atom is -0.486 e. The number of hydrogen-bond donors (Lipinski definition) is 2. The molecule has 0 bridgehead atoms. The molecule has 2 N–H and O–H groups in total. The number of carbonyl (C=O) groups is 1. The van der Waals surface area contributed by atoms with Crippen LogP contribution < -0.4 is 4.74 Å². The first-order valence-corrected chi connectivity index (χ1v) is 7.89. The molecule has 0 aliphatic rings. The number of benzene rings is 2. The summed E-state index contributed by atoms with van der Waals surface area (Å²) in [6.07, 6.45) is 1.29. The van der Waals surface area contributed by atoms with Crippen molar-refractivity contribution in [1.29, 1.82) is 0 Å². The van der Waals surface area contributed by atoms with E-state index in [1.165, 1.54) is 18.4 Å². The Kier molecular flexibility index (Phi) is 4.08. The number of aromatic amines is 1. The third-order valence-electron chi connectivity index (χ3n) is 4.02. The van der Waals surface area contributed by atoms with Gasteiger partial charge < -0.3 is 19.2 Å². The number of furan rings is 1. The van der Waals surface area contributed by atoms with Crippen LogP contribution in [0.1, 0.15) is 16.1 Å². The Morgan fingerprint density at radius 1 is 1.15 bits per heavy atom. The van der Waals surface area contributed by atoms with Gasteiger partial charge in [0.2, 0.25) is 0 Å². The van der Waals surface area contributed by atoms with Gasteiger partial charge in [-0.3, -0.25) is 0 Å². The van der Waals surface area contributed by atoms with E-state index >= 15 is 0 Å². The largest absolute Gasteiger partial charge is 0.486 e. The predicted molar refractivity (Wildman–Crippen MR) is 91.4 cm³/mol. The summed E-state index contributed by atoms with van der Waals surface area (Å²) < 4.78 is 37.7. The highest BCUT2D eigenvalue weighted by molar-refractivity contribution is 5.88. The number of nitrogens with zero attached hydrogens (tertiary/aromatic N) is 1. The molecule has 0 unspecified atom stereocenters. The number of carboxylic acid groups (broad SMARTS) is 1. The van der Waals surface area contributed by atoms with E-state index in [4.69, 9.17) is 14.3 Å². The molecular formula is C19H12F2N2O4. The summed E-state index contributed by atoms with van der Waals surface area (Å²) in [6.45, 7) is -0.0386. The second-order valence-corrected chi connectivity index (χ2v) is 5.72. The number of carboxylic acids is 1. The first kappa shape index (κ1) is 16.8. The molecule has 2 aromatic heterocycles. The molecule has 0 saturated carbocycles. The molecule has 2 aromatic carbocycles. The first-order chi connectivity index (χ1) is 13.0. The van der Waals surface area contributed by atoms with Gasteiger partial charge in [-0.1, -0.05) is 0 Å². The maximum atomic E-state index is 13.8. The van der Waals surface area contributed by atoms with Gasteiger partial charge in [-0.2, -0.15) is 0 Å². The molecule has 0 spiro atoms. The molecule has 4 rings (SSSR count). The molecule has 2 heterocycles. The second kappa shape index (κ2) is 6.56. The van der Waals surface area contributed by atoms with E-state index < -0.39 is 17.6 Å². The maximum Gasteiger partial charge on any atom is 0.339 e. The number of imidazole rings is 1. The highest BCUT2D eigenvalue weighted by atomic mass is 19.2. The lowest BCUT2D eigenvalue weighted by Gasteiger charge is -2.05. The molecule has 4 aromatic rings. The van der Waals surface area contributed by atoms with Crippen LogP contribution in [0.3, 0.4) is 0 Å². The van der Waals surface area contributed by atoms with Gasteiger partial charge in [-0.25, -0.2) is 18.6 Å². The summed E-state index contributed by atoms with van der Waals surface area (Å²) in [7, 11) is 0. The Bertz CT molecular complexity index is 1130. The summed E-state index contributed by atoms with van der Waals surface area (Å²) in [5, 5.41) is 9.03. The van der Waals surface area contributed by atoms with Gasteiger partial charge in [0.15, 0.2) is 17.4 Å². The number of halogens is 2. The molecular weight excluding hydrogens is 358 g/mol. The van der Waals surface area contributed by atoms with Gasteiger partial charge in [0.25, 0.3) is 0 Å². The van der Waals surface area contributed by atoms with Crippen LogP contribution in [-0.2, 0) is 6.61 Å². The second-order valence-electron chi connectivity index (χ2n) is 5.72. The third kappa shape index (κ3) is 3.12. The topological polar surface area (TPSA) is 88.3 Å². The van der Waals surface area contributed by atoms with Crippen molar-refractivity contribution >= 4 is 17.0 Å². The third-order valence-corrected chi connectivity index (χ3v) is 4.02. The Balaban J connectivity index is 1.53. The van der Waals surface area contributed by atoms with E-state index in [0.29, 0.717) is 22.7 Å². The summed E-state index contributed by atoms with van der Waals surface area (Å²) in [5.41, 5.74) is 1.03. The lowest BCUT2D eigenvalue weighted by molar-refractivity contribution is 0.0692. The zero-order valence-corrected chi connectivity index (χ0v) is 13.7. The SMILES string of the molecule is O=C(O)c1ccoc1COc1ccc(-c2nc3c(F)c(F)ccc3[nH]2)cc1. The fraction of sp³-hybridized carbons (Fsp3) is 0.0526. The van der Waals surface area contributed by atoms with Crippen LogP contribution in [-0.4, -0.2) is 21.0 Å². The average molecular weight is 370 g/mol. The first-order valence-electron chi connectivity index (χ1n) is 7.89. The minimum atomic E-state index is -1.09. The van der Waals surface area contributed by atoms with E-state index in [1.54, 1.807) is 24.3 Å². The van der Waals surface area contributed by atoms with Crippen LogP contribution in [0.25, 0.3) is 22.4 Å². The van der Waals surface area contributed by atoms with Gasteiger partial charge >= 0.3 is 5.97 Å². The number of hydrogen-bond acceptors (Lipinski definition) is 4. The number of fused-ring (bicyclic) bond motifs is 1. The molecule has 8 heteroatoms.